The highest BCUT2D eigenvalue weighted by molar-refractivity contribution is 6.34. The van der Waals surface area contributed by atoms with Crippen molar-refractivity contribution < 1.29 is 24.4 Å². The van der Waals surface area contributed by atoms with Gasteiger partial charge in [-0.3, -0.25) is 19.7 Å². The predicted octanol–water partition coefficient (Wildman–Crippen LogP) is 1.30. The molecule has 1 aromatic rings. The maximum Gasteiger partial charge on any atom is 0.329 e. The Hall–Kier alpha value is -2.68. The van der Waals surface area contributed by atoms with Gasteiger partial charge in [-0.2, -0.15) is 0 Å². The summed E-state index contributed by atoms with van der Waals surface area (Å²) in [6.07, 6.45) is 0. The van der Waals surface area contributed by atoms with E-state index >= 15 is 0 Å². The molecule has 0 spiro atoms. The van der Waals surface area contributed by atoms with Crippen molar-refractivity contribution in [3.8, 4) is 0 Å². The number of likely N-dealkylation sites (N-methyl/N-ethyl adjacent to an activating group) is 1. The number of nitro groups is 1. The van der Waals surface area contributed by atoms with Crippen molar-refractivity contribution >= 4 is 35.1 Å². The zero-order chi connectivity index (χ0) is 18.7. The lowest BCUT2D eigenvalue weighted by Crippen LogP contribution is -2.53. The summed E-state index contributed by atoms with van der Waals surface area (Å²) in [4.78, 5) is 46.4. The number of carboxylic acids is 1. The Morgan fingerprint density at radius 1 is 1.38 bits per heavy atom. The van der Waals surface area contributed by atoms with Crippen molar-refractivity contribution in [3.63, 3.8) is 0 Å². The number of benzene rings is 1. The maximum atomic E-state index is 12.1. The van der Waals surface area contributed by atoms with Crippen LogP contribution in [0.15, 0.2) is 18.2 Å². The number of nitrogens with zero attached hydrogens (tertiary/aromatic N) is 2. The van der Waals surface area contributed by atoms with E-state index in [1.807, 2.05) is 0 Å². The number of carbonyl (C=O) groups excluding carboxylic acids is 2. The number of rotatable bonds is 6. The second-order valence-electron chi connectivity index (χ2n) is 5.39. The van der Waals surface area contributed by atoms with E-state index in [1.54, 1.807) is 0 Å². The first-order chi connectivity index (χ1) is 11.0. The van der Waals surface area contributed by atoms with E-state index in [9.17, 15) is 24.5 Å². The van der Waals surface area contributed by atoms with Gasteiger partial charge < -0.3 is 15.3 Å². The summed E-state index contributed by atoms with van der Waals surface area (Å²) in [5, 5.41) is 22.1. The van der Waals surface area contributed by atoms with E-state index in [1.165, 1.54) is 33.0 Å². The minimum atomic E-state index is -1.47. The molecule has 1 aromatic carbocycles. The Morgan fingerprint density at radius 2 is 1.96 bits per heavy atom. The second-order valence-corrected chi connectivity index (χ2v) is 5.80. The largest absolute Gasteiger partial charge is 0.480 e. The van der Waals surface area contributed by atoms with Gasteiger partial charge >= 0.3 is 5.97 Å². The zero-order valence-electron chi connectivity index (χ0n) is 13.2. The van der Waals surface area contributed by atoms with Gasteiger partial charge in [0.05, 0.1) is 16.5 Å². The molecule has 130 valence electrons. The number of nitro benzene ring substituents is 1. The van der Waals surface area contributed by atoms with Crippen LogP contribution < -0.4 is 5.32 Å². The van der Waals surface area contributed by atoms with Gasteiger partial charge in [0.25, 0.3) is 11.6 Å². The molecule has 0 saturated carbocycles. The van der Waals surface area contributed by atoms with Crippen LogP contribution in [0, 0.1) is 10.1 Å². The van der Waals surface area contributed by atoms with E-state index in [0.717, 1.165) is 11.0 Å². The fraction of sp³-hybridized carbons (Fsp3) is 0.357. The first kappa shape index (κ1) is 19.4. The molecule has 0 aliphatic rings. The molecule has 0 fully saturated rings. The van der Waals surface area contributed by atoms with Gasteiger partial charge in [0.1, 0.15) is 11.1 Å². The molecule has 2 amide bonds. The molecule has 0 heterocycles. The molecule has 2 N–H and O–H groups in total. The van der Waals surface area contributed by atoms with Crippen LogP contribution in [-0.2, 0) is 9.59 Å². The lowest BCUT2D eigenvalue weighted by Gasteiger charge is -2.31. The molecular weight excluding hydrogens is 342 g/mol. The number of amides is 2. The molecule has 9 nitrogen and oxygen atoms in total. The van der Waals surface area contributed by atoms with Crippen LogP contribution in [0.5, 0.6) is 0 Å². The molecule has 0 aliphatic heterocycles. The third-order valence-electron chi connectivity index (χ3n) is 3.55. The average molecular weight is 358 g/mol. The Morgan fingerprint density at radius 3 is 2.46 bits per heavy atom. The highest BCUT2D eigenvalue weighted by Crippen LogP contribution is 2.25. The number of nitrogens with one attached hydrogen (secondary N) is 1. The summed E-state index contributed by atoms with van der Waals surface area (Å²) in [6.45, 7) is 2.12. The smallest absolute Gasteiger partial charge is 0.329 e. The molecule has 0 radical (unpaired) electrons. The summed E-state index contributed by atoms with van der Waals surface area (Å²) in [5.74, 6) is -2.79. The number of carbonyl (C=O) groups is 3. The van der Waals surface area contributed by atoms with Crippen molar-refractivity contribution in [1.82, 2.24) is 10.2 Å². The second kappa shape index (κ2) is 7.26. The number of hydrogen-bond donors (Lipinski definition) is 2. The van der Waals surface area contributed by atoms with Crippen molar-refractivity contribution in [1.29, 1.82) is 0 Å². The van der Waals surface area contributed by atoms with Crippen LogP contribution in [0.1, 0.15) is 24.2 Å². The molecule has 10 heteroatoms. The Balaban J connectivity index is 2.90. The average Bonchev–Trinajstić information content (AvgIpc) is 2.50. The lowest BCUT2D eigenvalue weighted by atomic mass is 10.0. The summed E-state index contributed by atoms with van der Waals surface area (Å²) >= 11 is 5.82. The minimum Gasteiger partial charge on any atom is -0.480 e. The third kappa shape index (κ3) is 3.99. The molecule has 0 unspecified atom stereocenters. The fourth-order valence-electron chi connectivity index (χ4n) is 1.71. The lowest BCUT2D eigenvalue weighted by molar-refractivity contribution is -0.385. The summed E-state index contributed by atoms with van der Waals surface area (Å²) in [5.41, 5.74) is -2.33. The quantitative estimate of drug-likeness (QED) is 0.583. The molecule has 0 aliphatic carbocycles. The molecular formula is C14H16ClN3O6. The predicted molar refractivity (Wildman–Crippen MR) is 84.9 cm³/mol. The Labute approximate surface area is 142 Å². The van der Waals surface area contributed by atoms with Crippen LogP contribution in [0.4, 0.5) is 5.69 Å². The Bertz CT molecular complexity index is 704. The van der Waals surface area contributed by atoms with E-state index < -0.39 is 40.5 Å². The normalized spacial score (nSPS) is 10.8. The molecule has 24 heavy (non-hydrogen) atoms. The molecule has 1 rings (SSSR count). The van der Waals surface area contributed by atoms with Gasteiger partial charge in [0, 0.05) is 13.1 Å². The van der Waals surface area contributed by atoms with Gasteiger partial charge in [-0.1, -0.05) is 17.7 Å². The van der Waals surface area contributed by atoms with Gasteiger partial charge in [0.15, 0.2) is 0 Å². The zero-order valence-corrected chi connectivity index (χ0v) is 14.0. The van der Waals surface area contributed by atoms with E-state index in [0.29, 0.717) is 0 Å². The summed E-state index contributed by atoms with van der Waals surface area (Å²) < 4.78 is 0. The van der Waals surface area contributed by atoms with E-state index in [4.69, 9.17) is 16.7 Å². The maximum absolute atomic E-state index is 12.1. The monoisotopic (exact) mass is 357 g/mol. The first-order valence-corrected chi connectivity index (χ1v) is 7.09. The van der Waals surface area contributed by atoms with Crippen LogP contribution in [0.3, 0.4) is 0 Å². The minimum absolute atomic E-state index is 0.131. The van der Waals surface area contributed by atoms with Gasteiger partial charge in [0.2, 0.25) is 5.91 Å². The van der Waals surface area contributed by atoms with Crippen molar-refractivity contribution in [3.05, 3.63) is 38.9 Å². The molecule has 0 bridgehead atoms. The highest BCUT2D eigenvalue weighted by atomic mass is 35.5. The van der Waals surface area contributed by atoms with Gasteiger partial charge in [-0.15, -0.1) is 0 Å². The molecule has 0 saturated heterocycles. The summed E-state index contributed by atoms with van der Waals surface area (Å²) in [7, 11) is 1.28. The SMILES string of the molecule is CN(C(=O)CNC(=O)c1c(Cl)cccc1[N+](=O)[O-])C(C)(C)C(=O)O. The number of carboxylic acid groups (broad SMARTS) is 1. The van der Waals surface area contributed by atoms with Crippen molar-refractivity contribution in [2.24, 2.45) is 0 Å². The van der Waals surface area contributed by atoms with Crippen LogP contribution in [-0.4, -0.2) is 51.8 Å². The molecule has 0 aromatic heterocycles. The van der Waals surface area contributed by atoms with Gasteiger partial charge in [-0.05, 0) is 19.9 Å². The third-order valence-corrected chi connectivity index (χ3v) is 3.87. The van der Waals surface area contributed by atoms with Crippen molar-refractivity contribution in [2.75, 3.05) is 13.6 Å². The number of aliphatic carboxylic acids is 1. The fourth-order valence-corrected chi connectivity index (χ4v) is 1.96. The van der Waals surface area contributed by atoms with E-state index in [-0.39, 0.29) is 10.6 Å². The standard InChI is InChI=1S/C14H16ClN3O6/c1-14(2,13(21)22)17(3)10(19)7-16-12(20)11-8(15)5-4-6-9(11)18(23)24/h4-6H,7H2,1-3H3,(H,16,20)(H,21,22). The van der Waals surface area contributed by atoms with Gasteiger partial charge in [-0.25, -0.2) is 4.79 Å². The molecule has 0 atom stereocenters. The van der Waals surface area contributed by atoms with Crippen LogP contribution >= 0.6 is 11.6 Å². The highest BCUT2D eigenvalue weighted by Gasteiger charge is 2.35. The van der Waals surface area contributed by atoms with Crippen LogP contribution in [0.25, 0.3) is 0 Å². The van der Waals surface area contributed by atoms with Crippen LogP contribution in [0.2, 0.25) is 5.02 Å². The number of hydrogen-bond acceptors (Lipinski definition) is 5. The topological polar surface area (TPSA) is 130 Å². The first-order valence-electron chi connectivity index (χ1n) is 6.71. The number of halogens is 1. The Kier molecular flexibility index (Phi) is 5.86. The van der Waals surface area contributed by atoms with E-state index in [2.05, 4.69) is 5.32 Å². The van der Waals surface area contributed by atoms with Crippen molar-refractivity contribution in [2.45, 2.75) is 19.4 Å². The summed E-state index contributed by atoms with van der Waals surface area (Å²) in [6, 6.07) is 3.75.